The van der Waals surface area contributed by atoms with Crippen molar-refractivity contribution in [3.8, 4) is 0 Å². The molecule has 1 aliphatic carbocycles. The number of hydrogen-bond donors (Lipinski definition) is 3. The molecule has 1 saturated carbocycles. The van der Waals surface area contributed by atoms with E-state index in [4.69, 9.17) is 0 Å². The summed E-state index contributed by atoms with van der Waals surface area (Å²) in [4.78, 5) is 49.0. The fourth-order valence-corrected chi connectivity index (χ4v) is 4.01. The van der Waals surface area contributed by atoms with Crippen LogP contribution >= 0.6 is 0 Å². The highest BCUT2D eigenvalue weighted by molar-refractivity contribution is 6.12. The van der Waals surface area contributed by atoms with Crippen molar-refractivity contribution in [2.24, 2.45) is 17.8 Å². The second-order valence-corrected chi connectivity index (χ2v) is 8.28. The summed E-state index contributed by atoms with van der Waals surface area (Å²) in [5.74, 6) is 0.0275. The number of nitrogens with one attached hydrogen (secondary N) is 3. The molecule has 0 radical (unpaired) electrons. The van der Waals surface area contributed by atoms with Crippen LogP contribution in [0.25, 0.3) is 0 Å². The third-order valence-corrected chi connectivity index (χ3v) is 5.77. The van der Waals surface area contributed by atoms with Crippen LogP contribution in [0.15, 0.2) is 12.2 Å². The van der Waals surface area contributed by atoms with Gasteiger partial charge in [-0.3, -0.25) is 24.1 Å². The summed E-state index contributed by atoms with van der Waals surface area (Å²) in [5.41, 5.74) is 0. The van der Waals surface area contributed by atoms with Crippen LogP contribution in [0.5, 0.6) is 0 Å². The van der Waals surface area contributed by atoms with Crippen LogP contribution in [-0.4, -0.2) is 61.3 Å². The van der Waals surface area contributed by atoms with Crippen molar-refractivity contribution in [1.82, 2.24) is 20.9 Å². The van der Waals surface area contributed by atoms with E-state index in [2.05, 4.69) is 16.0 Å². The Kier molecular flexibility index (Phi) is 8.82. The van der Waals surface area contributed by atoms with Gasteiger partial charge in [-0.05, 0) is 51.0 Å². The van der Waals surface area contributed by atoms with Gasteiger partial charge in [0.05, 0.1) is 6.04 Å². The Balaban J connectivity index is 1.59. The molecule has 4 amide bonds. The van der Waals surface area contributed by atoms with Gasteiger partial charge in [0, 0.05) is 37.7 Å². The standard InChI is InChI=1S/C21H34N4O4/c1-14(2)19(22-3)21(29)24-12-4-11-23-20(28)16-7-5-15(6-8-16)13-25-17(26)9-10-18(25)27/h9-10,14-16,19,22H,4-8,11-13H2,1-3H3,(H,23,28)(H,24,29)/t15?,16?,19-/m1/s1. The zero-order chi connectivity index (χ0) is 21.4. The lowest BCUT2D eigenvalue weighted by molar-refractivity contribution is -0.138. The topological polar surface area (TPSA) is 108 Å². The molecule has 0 unspecified atom stereocenters. The largest absolute Gasteiger partial charge is 0.356 e. The van der Waals surface area contributed by atoms with Gasteiger partial charge in [-0.25, -0.2) is 0 Å². The quantitative estimate of drug-likeness (QED) is 0.363. The molecule has 0 spiro atoms. The van der Waals surface area contributed by atoms with Gasteiger partial charge >= 0.3 is 0 Å². The summed E-state index contributed by atoms with van der Waals surface area (Å²) < 4.78 is 0. The van der Waals surface area contributed by atoms with Crippen LogP contribution in [-0.2, 0) is 19.2 Å². The van der Waals surface area contributed by atoms with Crippen LogP contribution < -0.4 is 16.0 Å². The van der Waals surface area contributed by atoms with Gasteiger partial charge in [-0.15, -0.1) is 0 Å². The van der Waals surface area contributed by atoms with Crippen molar-refractivity contribution in [3.05, 3.63) is 12.2 Å². The van der Waals surface area contributed by atoms with E-state index in [0.29, 0.717) is 26.1 Å². The first-order valence-corrected chi connectivity index (χ1v) is 10.6. The molecule has 1 fully saturated rings. The Bertz CT molecular complexity index is 621. The van der Waals surface area contributed by atoms with Crippen LogP contribution in [0.4, 0.5) is 0 Å². The maximum absolute atomic E-state index is 12.4. The predicted octanol–water partition coefficient (Wildman–Crippen LogP) is 0.584. The van der Waals surface area contributed by atoms with E-state index in [1.807, 2.05) is 13.8 Å². The minimum Gasteiger partial charge on any atom is -0.356 e. The number of rotatable bonds is 10. The van der Waals surface area contributed by atoms with Gasteiger partial charge in [-0.2, -0.15) is 0 Å². The molecule has 1 atom stereocenters. The van der Waals surface area contributed by atoms with E-state index in [1.54, 1.807) is 7.05 Å². The molecule has 2 aliphatic rings. The monoisotopic (exact) mass is 406 g/mol. The normalized spacial score (nSPS) is 22.8. The van der Waals surface area contributed by atoms with E-state index in [0.717, 1.165) is 25.7 Å². The maximum Gasteiger partial charge on any atom is 0.253 e. The Morgan fingerprint density at radius 3 is 2.17 bits per heavy atom. The predicted molar refractivity (Wildman–Crippen MR) is 110 cm³/mol. The highest BCUT2D eigenvalue weighted by Crippen LogP contribution is 2.30. The van der Waals surface area contributed by atoms with Crippen molar-refractivity contribution >= 4 is 23.6 Å². The maximum atomic E-state index is 12.4. The molecule has 1 heterocycles. The van der Waals surface area contributed by atoms with E-state index >= 15 is 0 Å². The first kappa shape index (κ1) is 23.1. The van der Waals surface area contributed by atoms with Gasteiger partial charge < -0.3 is 16.0 Å². The third-order valence-electron chi connectivity index (χ3n) is 5.77. The van der Waals surface area contributed by atoms with Gasteiger partial charge in [-0.1, -0.05) is 13.8 Å². The summed E-state index contributed by atoms with van der Waals surface area (Å²) in [6.45, 7) is 5.50. The fraction of sp³-hybridized carbons (Fsp3) is 0.714. The zero-order valence-corrected chi connectivity index (χ0v) is 17.7. The lowest BCUT2D eigenvalue weighted by Gasteiger charge is -2.30. The van der Waals surface area contributed by atoms with Crippen molar-refractivity contribution in [2.75, 3.05) is 26.7 Å². The summed E-state index contributed by atoms with van der Waals surface area (Å²) in [6, 6.07) is -0.207. The van der Waals surface area contributed by atoms with E-state index in [-0.39, 0.29) is 47.4 Å². The molecule has 3 N–H and O–H groups in total. The molecule has 1 aliphatic heterocycles. The lowest BCUT2D eigenvalue weighted by Crippen LogP contribution is -2.46. The number of imide groups is 1. The molecular weight excluding hydrogens is 372 g/mol. The van der Waals surface area contributed by atoms with E-state index < -0.39 is 0 Å². The van der Waals surface area contributed by atoms with Gasteiger partial charge in [0.2, 0.25) is 11.8 Å². The summed E-state index contributed by atoms with van der Waals surface area (Å²) in [5, 5.41) is 8.87. The molecule has 162 valence electrons. The average Bonchev–Trinajstić information content (AvgIpc) is 3.00. The van der Waals surface area contributed by atoms with Gasteiger partial charge in [0.15, 0.2) is 0 Å². The summed E-state index contributed by atoms with van der Waals surface area (Å²) in [7, 11) is 1.77. The van der Waals surface area contributed by atoms with Crippen molar-refractivity contribution in [1.29, 1.82) is 0 Å². The molecule has 29 heavy (non-hydrogen) atoms. The van der Waals surface area contributed by atoms with Crippen LogP contribution in [0, 0.1) is 17.8 Å². The number of nitrogens with zero attached hydrogens (tertiary/aromatic N) is 1. The number of hydrogen-bond acceptors (Lipinski definition) is 5. The number of carbonyl (C=O) groups is 4. The second kappa shape index (κ2) is 11.1. The highest BCUT2D eigenvalue weighted by Gasteiger charge is 2.31. The Morgan fingerprint density at radius 2 is 1.62 bits per heavy atom. The molecule has 2 rings (SSSR count). The summed E-state index contributed by atoms with van der Waals surface area (Å²) >= 11 is 0. The first-order valence-electron chi connectivity index (χ1n) is 10.6. The Hall–Kier alpha value is -2.22. The minimum absolute atomic E-state index is 0.0152. The van der Waals surface area contributed by atoms with Gasteiger partial charge in [0.1, 0.15) is 0 Å². The van der Waals surface area contributed by atoms with Crippen LogP contribution in [0.1, 0.15) is 46.0 Å². The fourth-order valence-electron chi connectivity index (χ4n) is 4.01. The molecule has 8 heteroatoms. The smallest absolute Gasteiger partial charge is 0.253 e. The van der Waals surface area contributed by atoms with Crippen LogP contribution in [0.2, 0.25) is 0 Å². The number of carbonyl (C=O) groups excluding carboxylic acids is 4. The first-order chi connectivity index (χ1) is 13.8. The molecule has 0 aromatic heterocycles. The SMILES string of the molecule is CN[C@@H](C(=O)NCCCNC(=O)C1CCC(CN2C(=O)C=CC2=O)CC1)C(C)C. The number of amides is 4. The van der Waals surface area contributed by atoms with Crippen molar-refractivity contribution in [3.63, 3.8) is 0 Å². The van der Waals surface area contributed by atoms with Crippen molar-refractivity contribution < 1.29 is 19.2 Å². The van der Waals surface area contributed by atoms with E-state index in [1.165, 1.54) is 17.1 Å². The van der Waals surface area contributed by atoms with E-state index in [9.17, 15) is 19.2 Å². The molecule has 8 nitrogen and oxygen atoms in total. The lowest BCUT2D eigenvalue weighted by atomic mass is 9.81. The number of likely N-dealkylation sites (N-methyl/N-ethyl adjacent to an activating group) is 1. The molecule has 0 aromatic carbocycles. The molecular formula is C21H34N4O4. The zero-order valence-electron chi connectivity index (χ0n) is 17.7. The third kappa shape index (κ3) is 6.66. The molecule has 0 bridgehead atoms. The second-order valence-electron chi connectivity index (χ2n) is 8.28. The minimum atomic E-state index is -0.239. The highest BCUT2D eigenvalue weighted by atomic mass is 16.2. The average molecular weight is 407 g/mol. The summed E-state index contributed by atoms with van der Waals surface area (Å²) in [6.07, 6.45) is 6.53. The molecule has 0 saturated heterocycles. The molecule has 0 aromatic rings. The van der Waals surface area contributed by atoms with Crippen molar-refractivity contribution in [2.45, 2.75) is 52.0 Å². The Labute approximate surface area is 172 Å². The van der Waals surface area contributed by atoms with Gasteiger partial charge in [0.25, 0.3) is 11.8 Å². The Morgan fingerprint density at radius 1 is 1.03 bits per heavy atom. The van der Waals surface area contributed by atoms with Crippen LogP contribution in [0.3, 0.4) is 0 Å².